The smallest absolute Gasteiger partial charge is 0.335 e. The molecule has 0 aromatic carbocycles. The van der Waals surface area contributed by atoms with Crippen molar-refractivity contribution in [3.8, 4) is 0 Å². The number of unbranched alkanes of at least 4 members (excludes halogenated alkanes) is 1. The first-order valence-corrected chi connectivity index (χ1v) is 5.59. The van der Waals surface area contributed by atoms with Crippen molar-refractivity contribution in [1.82, 2.24) is 5.32 Å². The third kappa shape index (κ3) is 3.50. The summed E-state index contributed by atoms with van der Waals surface area (Å²) in [5.74, 6) is -0.541. The largest absolute Gasteiger partial charge is 0.464 e. The van der Waals surface area contributed by atoms with Crippen molar-refractivity contribution in [1.29, 1.82) is 0 Å². The second-order valence-corrected chi connectivity index (χ2v) is 3.71. The zero-order valence-corrected chi connectivity index (χ0v) is 10.4. The van der Waals surface area contributed by atoms with Gasteiger partial charge in [-0.1, -0.05) is 20.3 Å². The molecule has 1 N–H and O–H groups in total. The van der Waals surface area contributed by atoms with Gasteiger partial charge in [0.15, 0.2) is 5.54 Å². The number of likely N-dealkylation sites (N-methyl/N-ethyl adjacent to an activating group) is 1. The normalized spacial score (nSPS) is 14.4. The maximum atomic E-state index is 11.7. The van der Waals surface area contributed by atoms with Crippen LogP contribution in [0.2, 0.25) is 0 Å². The second kappa shape index (κ2) is 6.85. The van der Waals surface area contributed by atoms with Gasteiger partial charge in [-0.25, -0.2) is 4.79 Å². The average Bonchev–Trinajstić information content (AvgIpc) is 2.20. The van der Waals surface area contributed by atoms with Gasteiger partial charge in [0.05, 0.1) is 6.61 Å². The minimum absolute atomic E-state index is 0.330. The fourth-order valence-electron chi connectivity index (χ4n) is 1.20. The van der Waals surface area contributed by atoms with E-state index < -0.39 is 16.6 Å². The molecule has 0 saturated heterocycles. The Hall–Kier alpha value is -0.550. The predicted octanol–water partition coefficient (Wildman–Crippen LogP) is 1.15. The lowest BCUT2D eigenvalue weighted by Crippen LogP contribution is -2.55. The van der Waals surface area contributed by atoms with Crippen molar-refractivity contribution in [3.05, 3.63) is 0 Å². The maximum Gasteiger partial charge on any atom is 0.335 e. The predicted molar refractivity (Wildman–Crippen MR) is 61.9 cm³/mol. The number of carbonyl (C=O) groups is 2. The van der Waals surface area contributed by atoms with Crippen LogP contribution in [0.25, 0.3) is 0 Å². The molecule has 1 atom stereocenters. The molecule has 0 aromatic rings. The summed E-state index contributed by atoms with van der Waals surface area (Å²) in [7, 11) is 1.55. The minimum atomic E-state index is -1.29. The summed E-state index contributed by atoms with van der Waals surface area (Å²) in [6.45, 7) is 4.09. The first kappa shape index (κ1) is 14.5. The molecule has 0 bridgehead atoms. The number of carbonyl (C=O) groups excluding carboxylic acids is 2. The Bertz CT molecular complexity index is 227. The van der Waals surface area contributed by atoms with Gasteiger partial charge in [-0.2, -0.15) is 0 Å². The van der Waals surface area contributed by atoms with Crippen LogP contribution in [-0.4, -0.2) is 30.3 Å². The molecule has 0 radical (unpaired) electrons. The highest BCUT2D eigenvalue weighted by Crippen LogP contribution is 2.16. The standard InChI is InChI=1S/C10H19NO3S/c1-4-6-7-14-8(12)10(5-2,11-3)9(13)15/h11H,4-7H2,1-3H3,(H,13,15). The summed E-state index contributed by atoms with van der Waals surface area (Å²) in [6.07, 6.45) is 2.08. The van der Waals surface area contributed by atoms with E-state index in [1.165, 1.54) is 0 Å². The summed E-state index contributed by atoms with van der Waals surface area (Å²) in [6, 6.07) is 0. The molecule has 4 nitrogen and oxygen atoms in total. The SMILES string of the molecule is CCCCOC(=O)C(CC)(NC)C(=O)S. The van der Waals surface area contributed by atoms with Crippen LogP contribution in [0.4, 0.5) is 0 Å². The summed E-state index contributed by atoms with van der Waals surface area (Å²) in [4.78, 5) is 23.0. The van der Waals surface area contributed by atoms with Gasteiger partial charge < -0.3 is 4.74 Å². The number of ether oxygens (including phenoxy) is 1. The quantitative estimate of drug-likeness (QED) is 0.300. The molecule has 88 valence electrons. The monoisotopic (exact) mass is 233 g/mol. The molecule has 5 heteroatoms. The van der Waals surface area contributed by atoms with E-state index in [0.717, 1.165) is 12.8 Å². The Labute approximate surface area is 96.2 Å². The molecule has 0 saturated carbocycles. The lowest BCUT2D eigenvalue weighted by Gasteiger charge is -2.26. The van der Waals surface area contributed by atoms with Gasteiger partial charge in [0.25, 0.3) is 0 Å². The summed E-state index contributed by atoms with van der Waals surface area (Å²) >= 11 is 3.72. The molecule has 0 aliphatic heterocycles. The van der Waals surface area contributed by atoms with Gasteiger partial charge >= 0.3 is 5.97 Å². The van der Waals surface area contributed by atoms with Gasteiger partial charge in [0, 0.05) is 0 Å². The Morgan fingerprint density at radius 3 is 2.33 bits per heavy atom. The van der Waals surface area contributed by atoms with Gasteiger partial charge in [-0.15, -0.1) is 12.6 Å². The summed E-state index contributed by atoms with van der Waals surface area (Å²) in [5.41, 5.74) is -1.29. The Morgan fingerprint density at radius 2 is 2.00 bits per heavy atom. The molecule has 0 aliphatic carbocycles. The third-order valence-corrected chi connectivity index (χ3v) is 2.78. The first-order valence-electron chi connectivity index (χ1n) is 5.14. The zero-order valence-electron chi connectivity index (χ0n) is 9.50. The van der Waals surface area contributed by atoms with E-state index in [2.05, 4.69) is 17.9 Å². The van der Waals surface area contributed by atoms with Crippen molar-refractivity contribution in [2.45, 2.75) is 38.6 Å². The van der Waals surface area contributed by atoms with Crippen LogP contribution in [0.5, 0.6) is 0 Å². The lowest BCUT2D eigenvalue weighted by atomic mass is 9.98. The number of rotatable bonds is 7. The molecular weight excluding hydrogens is 214 g/mol. The van der Waals surface area contributed by atoms with Crippen molar-refractivity contribution in [2.24, 2.45) is 0 Å². The van der Waals surface area contributed by atoms with E-state index in [0.29, 0.717) is 13.0 Å². The van der Waals surface area contributed by atoms with E-state index in [9.17, 15) is 9.59 Å². The van der Waals surface area contributed by atoms with Crippen LogP contribution in [0, 0.1) is 0 Å². The minimum Gasteiger partial charge on any atom is -0.464 e. The van der Waals surface area contributed by atoms with E-state index in [1.807, 2.05) is 6.92 Å². The highest BCUT2D eigenvalue weighted by Gasteiger charge is 2.42. The van der Waals surface area contributed by atoms with Gasteiger partial charge in [-0.3, -0.25) is 10.1 Å². The first-order chi connectivity index (χ1) is 7.05. The molecule has 0 aliphatic rings. The van der Waals surface area contributed by atoms with Crippen molar-refractivity contribution < 1.29 is 14.3 Å². The molecule has 1 unspecified atom stereocenters. The number of thiol groups is 1. The van der Waals surface area contributed by atoms with Crippen molar-refractivity contribution >= 4 is 23.7 Å². The van der Waals surface area contributed by atoms with Gasteiger partial charge in [0.2, 0.25) is 5.12 Å². The van der Waals surface area contributed by atoms with Crippen molar-refractivity contribution in [3.63, 3.8) is 0 Å². The van der Waals surface area contributed by atoms with Crippen LogP contribution < -0.4 is 5.32 Å². The van der Waals surface area contributed by atoms with Gasteiger partial charge in [0.1, 0.15) is 0 Å². The fraction of sp³-hybridized carbons (Fsp3) is 0.800. The summed E-state index contributed by atoms with van der Waals surface area (Å²) in [5, 5.41) is 2.19. The van der Waals surface area contributed by atoms with E-state index in [4.69, 9.17) is 4.74 Å². The van der Waals surface area contributed by atoms with Crippen molar-refractivity contribution in [2.75, 3.05) is 13.7 Å². The zero-order chi connectivity index (χ0) is 11.9. The third-order valence-electron chi connectivity index (χ3n) is 2.40. The van der Waals surface area contributed by atoms with Crippen LogP contribution >= 0.6 is 12.6 Å². The molecule has 0 aromatic heterocycles. The topological polar surface area (TPSA) is 55.4 Å². The van der Waals surface area contributed by atoms with Gasteiger partial charge in [-0.05, 0) is 19.9 Å². The van der Waals surface area contributed by atoms with Crippen LogP contribution in [0.1, 0.15) is 33.1 Å². The fourth-order valence-corrected chi connectivity index (χ4v) is 1.56. The number of hydrogen-bond donors (Lipinski definition) is 2. The molecule has 15 heavy (non-hydrogen) atoms. The van der Waals surface area contributed by atoms with Crippen LogP contribution in [0.15, 0.2) is 0 Å². The summed E-state index contributed by atoms with van der Waals surface area (Å²) < 4.78 is 5.02. The average molecular weight is 233 g/mol. The van der Waals surface area contributed by atoms with Crippen LogP contribution in [0.3, 0.4) is 0 Å². The second-order valence-electron chi connectivity index (χ2n) is 3.30. The molecule has 0 amide bonds. The molecule has 0 spiro atoms. The number of nitrogens with one attached hydrogen (secondary N) is 1. The number of esters is 1. The Balaban J connectivity index is 4.49. The highest BCUT2D eigenvalue weighted by molar-refractivity contribution is 7.97. The highest BCUT2D eigenvalue weighted by atomic mass is 32.1. The Morgan fingerprint density at radius 1 is 1.40 bits per heavy atom. The Kier molecular flexibility index (Phi) is 6.60. The molecular formula is C10H19NO3S. The van der Waals surface area contributed by atoms with E-state index >= 15 is 0 Å². The number of hydrogen-bond acceptors (Lipinski definition) is 4. The van der Waals surface area contributed by atoms with Crippen LogP contribution in [-0.2, 0) is 14.3 Å². The lowest BCUT2D eigenvalue weighted by molar-refractivity contribution is -0.153. The van der Waals surface area contributed by atoms with E-state index in [1.54, 1.807) is 14.0 Å². The maximum absolute atomic E-state index is 11.7. The molecule has 0 fully saturated rings. The molecule has 0 rings (SSSR count). The van der Waals surface area contributed by atoms with E-state index in [-0.39, 0.29) is 0 Å². The molecule has 0 heterocycles.